The van der Waals surface area contributed by atoms with Crippen LogP contribution in [0.3, 0.4) is 0 Å². The molecule has 0 unspecified atom stereocenters. The molecule has 0 radical (unpaired) electrons. The molecule has 2 nitrogen and oxygen atoms in total. The zero-order valence-electron chi connectivity index (χ0n) is 10.2. The SMILES string of the molecule is OCc1cc(Br)cc(Br)c1OCc1c(Cl)cccc1Cl. The van der Waals surface area contributed by atoms with Gasteiger partial charge in [0.1, 0.15) is 12.4 Å². The van der Waals surface area contributed by atoms with Gasteiger partial charge >= 0.3 is 0 Å². The highest BCUT2D eigenvalue weighted by Crippen LogP contribution is 2.34. The molecule has 0 saturated heterocycles. The molecular weight excluding hydrogens is 431 g/mol. The lowest BCUT2D eigenvalue weighted by molar-refractivity contribution is 0.258. The van der Waals surface area contributed by atoms with Gasteiger partial charge in [-0.25, -0.2) is 0 Å². The van der Waals surface area contributed by atoms with E-state index in [0.29, 0.717) is 21.4 Å². The van der Waals surface area contributed by atoms with Gasteiger partial charge in [0.2, 0.25) is 0 Å². The predicted molar refractivity (Wildman–Crippen MR) is 88.6 cm³/mol. The number of benzene rings is 2. The van der Waals surface area contributed by atoms with Crippen LogP contribution in [0.2, 0.25) is 10.0 Å². The summed E-state index contributed by atoms with van der Waals surface area (Å²) in [6, 6.07) is 8.95. The minimum absolute atomic E-state index is 0.121. The van der Waals surface area contributed by atoms with Crippen molar-refractivity contribution in [3.63, 3.8) is 0 Å². The summed E-state index contributed by atoms with van der Waals surface area (Å²) >= 11 is 19.0. The van der Waals surface area contributed by atoms with E-state index in [1.54, 1.807) is 24.3 Å². The highest BCUT2D eigenvalue weighted by atomic mass is 79.9. The lowest BCUT2D eigenvalue weighted by Gasteiger charge is -2.14. The number of ether oxygens (including phenoxy) is 1. The molecule has 2 aromatic carbocycles. The number of hydrogen-bond donors (Lipinski definition) is 1. The number of halogens is 4. The zero-order valence-corrected chi connectivity index (χ0v) is 14.9. The number of hydrogen-bond acceptors (Lipinski definition) is 2. The van der Waals surface area contributed by atoms with E-state index < -0.39 is 0 Å². The first-order valence-electron chi connectivity index (χ1n) is 5.67. The second kappa shape index (κ2) is 7.14. The molecule has 106 valence electrons. The maximum absolute atomic E-state index is 9.40. The van der Waals surface area contributed by atoms with E-state index >= 15 is 0 Å². The molecule has 6 heteroatoms. The Kier molecular flexibility index (Phi) is 5.75. The molecule has 0 aliphatic heterocycles. The second-order valence-corrected chi connectivity index (χ2v) is 6.61. The van der Waals surface area contributed by atoms with Crippen molar-refractivity contribution < 1.29 is 9.84 Å². The standard InChI is InChI=1S/C14H10Br2Cl2O2/c15-9-4-8(6-19)14(11(16)5-9)20-7-10-12(17)2-1-3-13(10)18/h1-5,19H,6-7H2. The average molecular weight is 441 g/mol. The van der Waals surface area contributed by atoms with Crippen LogP contribution in [0.1, 0.15) is 11.1 Å². The minimum Gasteiger partial charge on any atom is -0.487 e. The summed E-state index contributed by atoms with van der Waals surface area (Å²) < 4.78 is 7.37. The van der Waals surface area contributed by atoms with E-state index in [1.165, 1.54) is 0 Å². The summed E-state index contributed by atoms with van der Waals surface area (Å²) in [4.78, 5) is 0. The smallest absolute Gasteiger partial charge is 0.139 e. The summed E-state index contributed by atoms with van der Waals surface area (Å²) in [5.41, 5.74) is 1.39. The average Bonchev–Trinajstić information content (AvgIpc) is 2.39. The Morgan fingerprint density at radius 2 is 1.75 bits per heavy atom. The van der Waals surface area contributed by atoms with Crippen molar-refractivity contribution in [2.24, 2.45) is 0 Å². The maximum atomic E-state index is 9.40. The first-order valence-corrected chi connectivity index (χ1v) is 8.01. The fourth-order valence-corrected chi connectivity index (χ4v) is 3.64. The van der Waals surface area contributed by atoms with Crippen LogP contribution in [-0.2, 0) is 13.2 Å². The molecule has 0 spiro atoms. The summed E-state index contributed by atoms with van der Waals surface area (Å²) in [6.07, 6.45) is 0. The van der Waals surface area contributed by atoms with Gasteiger partial charge in [0, 0.05) is 25.6 Å². The van der Waals surface area contributed by atoms with Crippen LogP contribution in [0, 0.1) is 0 Å². The predicted octanol–water partition coefficient (Wildman–Crippen LogP) is 5.59. The molecule has 20 heavy (non-hydrogen) atoms. The number of aliphatic hydroxyl groups is 1. The van der Waals surface area contributed by atoms with Crippen molar-refractivity contribution in [2.75, 3.05) is 0 Å². The fourth-order valence-electron chi connectivity index (χ4n) is 1.71. The normalized spacial score (nSPS) is 10.7. The molecular formula is C14H10Br2Cl2O2. The molecule has 0 aliphatic carbocycles. The molecule has 2 rings (SSSR count). The third kappa shape index (κ3) is 3.68. The van der Waals surface area contributed by atoms with Gasteiger partial charge in [-0.05, 0) is 40.2 Å². The van der Waals surface area contributed by atoms with Crippen molar-refractivity contribution >= 4 is 55.1 Å². The van der Waals surface area contributed by atoms with E-state index in [-0.39, 0.29) is 13.2 Å². The Morgan fingerprint density at radius 3 is 2.35 bits per heavy atom. The van der Waals surface area contributed by atoms with Crippen LogP contribution < -0.4 is 4.74 Å². The first kappa shape index (κ1) is 16.1. The van der Waals surface area contributed by atoms with Gasteiger partial charge in [-0.2, -0.15) is 0 Å². The van der Waals surface area contributed by atoms with E-state index in [4.69, 9.17) is 27.9 Å². The minimum atomic E-state index is -0.121. The molecule has 0 amide bonds. The Balaban J connectivity index is 2.27. The molecule has 0 saturated carbocycles. The van der Waals surface area contributed by atoms with Crippen molar-refractivity contribution in [1.82, 2.24) is 0 Å². The molecule has 0 aromatic heterocycles. The molecule has 0 aliphatic rings. The largest absolute Gasteiger partial charge is 0.487 e. The highest BCUT2D eigenvalue weighted by molar-refractivity contribution is 9.11. The molecule has 0 bridgehead atoms. The Bertz CT molecular complexity index is 613. The lowest BCUT2D eigenvalue weighted by Crippen LogP contribution is -2.01. The van der Waals surface area contributed by atoms with Gasteiger partial charge in [-0.15, -0.1) is 0 Å². The third-order valence-corrected chi connectivity index (χ3v) is 4.43. The van der Waals surface area contributed by atoms with Gasteiger partial charge in [0.15, 0.2) is 0 Å². The lowest BCUT2D eigenvalue weighted by atomic mass is 10.2. The van der Waals surface area contributed by atoms with E-state index in [1.807, 2.05) is 6.07 Å². The van der Waals surface area contributed by atoms with Gasteiger partial charge < -0.3 is 9.84 Å². The number of aliphatic hydroxyl groups excluding tert-OH is 1. The van der Waals surface area contributed by atoms with Crippen molar-refractivity contribution in [1.29, 1.82) is 0 Å². The van der Waals surface area contributed by atoms with E-state index in [9.17, 15) is 5.11 Å². The van der Waals surface area contributed by atoms with Crippen molar-refractivity contribution in [3.05, 3.63) is 60.4 Å². The van der Waals surface area contributed by atoms with Gasteiger partial charge in [-0.3, -0.25) is 0 Å². The summed E-state index contributed by atoms with van der Waals surface area (Å²) in [5, 5.41) is 10.5. The van der Waals surface area contributed by atoms with Gasteiger partial charge in [0.05, 0.1) is 11.1 Å². The number of rotatable bonds is 4. The van der Waals surface area contributed by atoms with Crippen LogP contribution in [0.25, 0.3) is 0 Å². The van der Waals surface area contributed by atoms with E-state index in [2.05, 4.69) is 31.9 Å². The molecule has 1 N–H and O–H groups in total. The van der Waals surface area contributed by atoms with Crippen molar-refractivity contribution in [3.8, 4) is 5.75 Å². The fraction of sp³-hybridized carbons (Fsp3) is 0.143. The summed E-state index contributed by atoms with van der Waals surface area (Å²) in [6.45, 7) is 0.107. The Morgan fingerprint density at radius 1 is 1.10 bits per heavy atom. The molecule has 0 fully saturated rings. The van der Waals surface area contributed by atoms with Crippen LogP contribution in [0.4, 0.5) is 0 Å². The molecule has 0 heterocycles. The zero-order chi connectivity index (χ0) is 14.7. The molecule has 2 aromatic rings. The monoisotopic (exact) mass is 438 g/mol. The topological polar surface area (TPSA) is 29.5 Å². The molecule has 0 atom stereocenters. The maximum Gasteiger partial charge on any atom is 0.139 e. The second-order valence-electron chi connectivity index (χ2n) is 4.02. The van der Waals surface area contributed by atoms with Gasteiger partial charge in [0.25, 0.3) is 0 Å². The van der Waals surface area contributed by atoms with Crippen LogP contribution >= 0.6 is 55.1 Å². The first-order chi connectivity index (χ1) is 9.52. The Labute approximate surface area is 143 Å². The van der Waals surface area contributed by atoms with Crippen molar-refractivity contribution in [2.45, 2.75) is 13.2 Å². The summed E-state index contributed by atoms with van der Waals surface area (Å²) in [7, 11) is 0. The van der Waals surface area contributed by atoms with Gasteiger partial charge in [-0.1, -0.05) is 45.2 Å². The van der Waals surface area contributed by atoms with E-state index in [0.717, 1.165) is 14.5 Å². The van der Waals surface area contributed by atoms with Crippen LogP contribution in [-0.4, -0.2) is 5.11 Å². The third-order valence-electron chi connectivity index (χ3n) is 2.68. The highest BCUT2D eigenvalue weighted by Gasteiger charge is 2.12. The van der Waals surface area contributed by atoms with Crippen LogP contribution in [0.15, 0.2) is 39.3 Å². The summed E-state index contributed by atoms with van der Waals surface area (Å²) in [5.74, 6) is 0.576. The van der Waals surface area contributed by atoms with Crippen LogP contribution in [0.5, 0.6) is 5.75 Å². The quantitative estimate of drug-likeness (QED) is 0.671. The Hall–Kier alpha value is -0.260.